The number of carboxylic acid groups (broad SMARTS) is 1. The molecule has 19 heavy (non-hydrogen) atoms. The summed E-state index contributed by atoms with van der Waals surface area (Å²) in [5.74, 6) is 0.208. The van der Waals surface area contributed by atoms with Crippen molar-refractivity contribution in [2.75, 3.05) is 32.7 Å². The number of hydrogen-bond acceptors (Lipinski definition) is 4. The minimum Gasteiger partial charge on any atom is -0.497 e. The van der Waals surface area contributed by atoms with E-state index in [9.17, 15) is 4.79 Å². The summed E-state index contributed by atoms with van der Waals surface area (Å²) in [5, 5.41) is 9.10. The lowest BCUT2D eigenvalue weighted by Crippen LogP contribution is -2.30. The summed E-state index contributed by atoms with van der Waals surface area (Å²) in [6, 6.07) is 5.48. The van der Waals surface area contributed by atoms with E-state index in [0.717, 1.165) is 5.69 Å². The number of nitrogens with zero attached hydrogens (tertiary/aromatic N) is 1. The van der Waals surface area contributed by atoms with Crippen molar-refractivity contribution < 1.29 is 19.4 Å². The molecule has 0 radical (unpaired) electrons. The quantitative estimate of drug-likeness (QED) is 0.821. The second kappa shape index (κ2) is 6.87. The second-order valence-electron chi connectivity index (χ2n) is 4.36. The molecule has 5 nitrogen and oxygen atoms in total. The highest BCUT2D eigenvalue weighted by atomic mass is 16.5. The smallest absolute Gasteiger partial charge is 0.308 e. The summed E-state index contributed by atoms with van der Waals surface area (Å²) in [6.07, 6.45) is 0.595. The van der Waals surface area contributed by atoms with Gasteiger partial charge in [-0.15, -0.1) is 0 Å². The molecule has 1 unspecified atom stereocenters. The molecular weight excluding hydrogens is 246 g/mol. The fraction of sp³-hybridized carbons (Fsp3) is 0.500. The van der Waals surface area contributed by atoms with Crippen molar-refractivity contribution >= 4 is 11.7 Å². The van der Waals surface area contributed by atoms with E-state index >= 15 is 0 Å². The Morgan fingerprint density at radius 3 is 2.53 bits per heavy atom. The van der Waals surface area contributed by atoms with Gasteiger partial charge in [-0.1, -0.05) is 6.92 Å². The Hall–Kier alpha value is -1.91. The summed E-state index contributed by atoms with van der Waals surface area (Å²) >= 11 is 0. The van der Waals surface area contributed by atoms with Gasteiger partial charge in [-0.05, 0) is 18.6 Å². The maximum Gasteiger partial charge on any atom is 0.308 e. The summed E-state index contributed by atoms with van der Waals surface area (Å²) in [6.45, 7) is 2.31. The van der Waals surface area contributed by atoms with Crippen LogP contribution in [0.15, 0.2) is 18.2 Å². The number of ether oxygens (including phenoxy) is 2. The SMILES string of the molecule is CCC(CN(C)c1ccc(OC)cc1OC)C(=O)O. The Labute approximate surface area is 113 Å². The van der Waals surface area contributed by atoms with Crippen LogP contribution in [0.25, 0.3) is 0 Å². The molecule has 1 rings (SSSR count). The predicted octanol–water partition coefficient (Wildman–Crippen LogP) is 2.25. The molecular formula is C14H21NO4. The van der Waals surface area contributed by atoms with Crippen LogP contribution in [-0.4, -0.2) is 38.9 Å². The Morgan fingerprint density at radius 2 is 2.05 bits per heavy atom. The van der Waals surface area contributed by atoms with E-state index in [1.165, 1.54) is 0 Å². The maximum absolute atomic E-state index is 11.1. The minimum atomic E-state index is -0.776. The summed E-state index contributed by atoms with van der Waals surface area (Å²) in [4.78, 5) is 13.0. The third-order valence-electron chi connectivity index (χ3n) is 3.13. The predicted molar refractivity (Wildman–Crippen MR) is 74.2 cm³/mol. The number of aliphatic carboxylic acids is 1. The first kappa shape index (κ1) is 15.1. The molecule has 0 aliphatic heterocycles. The lowest BCUT2D eigenvalue weighted by Gasteiger charge is -2.24. The zero-order chi connectivity index (χ0) is 14.4. The third-order valence-corrected chi connectivity index (χ3v) is 3.13. The molecule has 106 valence electrons. The van der Waals surface area contributed by atoms with Crippen LogP contribution in [0.2, 0.25) is 0 Å². The first-order valence-corrected chi connectivity index (χ1v) is 6.19. The molecule has 1 aromatic rings. The second-order valence-corrected chi connectivity index (χ2v) is 4.36. The number of benzene rings is 1. The molecule has 5 heteroatoms. The van der Waals surface area contributed by atoms with Crippen LogP contribution >= 0.6 is 0 Å². The van der Waals surface area contributed by atoms with Crippen molar-refractivity contribution in [2.45, 2.75) is 13.3 Å². The lowest BCUT2D eigenvalue weighted by atomic mass is 10.1. The van der Waals surface area contributed by atoms with Crippen molar-refractivity contribution in [3.05, 3.63) is 18.2 Å². The number of carbonyl (C=O) groups is 1. The topological polar surface area (TPSA) is 59.0 Å². The van der Waals surface area contributed by atoms with Gasteiger partial charge in [0.1, 0.15) is 11.5 Å². The zero-order valence-corrected chi connectivity index (χ0v) is 11.8. The van der Waals surface area contributed by atoms with E-state index < -0.39 is 11.9 Å². The molecule has 1 aromatic carbocycles. The van der Waals surface area contributed by atoms with Crippen molar-refractivity contribution in [3.8, 4) is 11.5 Å². The fourth-order valence-electron chi connectivity index (χ4n) is 1.91. The first-order valence-electron chi connectivity index (χ1n) is 6.19. The highest BCUT2D eigenvalue weighted by Crippen LogP contribution is 2.32. The summed E-state index contributed by atoms with van der Waals surface area (Å²) in [7, 11) is 5.03. The van der Waals surface area contributed by atoms with E-state index in [1.54, 1.807) is 20.3 Å². The molecule has 0 spiro atoms. The average Bonchev–Trinajstić information content (AvgIpc) is 2.43. The normalized spacial score (nSPS) is 11.8. The van der Waals surface area contributed by atoms with Gasteiger partial charge in [-0.2, -0.15) is 0 Å². The Kier molecular flexibility index (Phi) is 5.48. The van der Waals surface area contributed by atoms with Gasteiger partial charge in [-0.25, -0.2) is 0 Å². The summed E-state index contributed by atoms with van der Waals surface area (Å²) in [5.41, 5.74) is 0.850. The van der Waals surface area contributed by atoms with Crippen molar-refractivity contribution in [1.29, 1.82) is 0 Å². The maximum atomic E-state index is 11.1. The lowest BCUT2D eigenvalue weighted by molar-refractivity contribution is -0.141. The number of rotatable bonds is 7. The molecule has 0 fully saturated rings. The van der Waals surface area contributed by atoms with Gasteiger partial charge in [0.25, 0.3) is 0 Å². The molecule has 0 aliphatic rings. The number of methoxy groups -OCH3 is 2. The van der Waals surface area contributed by atoms with Crippen LogP contribution in [0, 0.1) is 5.92 Å². The van der Waals surface area contributed by atoms with Crippen LogP contribution < -0.4 is 14.4 Å². The van der Waals surface area contributed by atoms with Gasteiger partial charge in [-0.3, -0.25) is 4.79 Å². The van der Waals surface area contributed by atoms with Crippen molar-refractivity contribution in [2.24, 2.45) is 5.92 Å². The average molecular weight is 267 g/mol. The Balaban J connectivity index is 2.92. The Morgan fingerprint density at radius 1 is 1.37 bits per heavy atom. The van der Waals surface area contributed by atoms with Crippen molar-refractivity contribution in [1.82, 2.24) is 0 Å². The van der Waals surface area contributed by atoms with Gasteiger partial charge in [0.2, 0.25) is 0 Å². The fourth-order valence-corrected chi connectivity index (χ4v) is 1.91. The summed E-state index contributed by atoms with van der Waals surface area (Å²) < 4.78 is 10.5. The minimum absolute atomic E-state index is 0.392. The molecule has 0 aromatic heterocycles. The third kappa shape index (κ3) is 3.77. The first-order chi connectivity index (χ1) is 9.03. The zero-order valence-electron chi connectivity index (χ0n) is 11.8. The van der Waals surface area contributed by atoms with E-state index in [0.29, 0.717) is 24.5 Å². The largest absolute Gasteiger partial charge is 0.497 e. The number of anilines is 1. The molecule has 1 N–H and O–H groups in total. The molecule has 0 aliphatic carbocycles. The van der Waals surface area contributed by atoms with E-state index in [1.807, 2.05) is 31.0 Å². The van der Waals surface area contributed by atoms with E-state index in [4.69, 9.17) is 14.6 Å². The standard InChI is InChI=1S/C14H21NO4/c1-5-10(14(16)17)9-15(2)12-7-6-11(18-3)8-13(12)19-4/h6-8,10H,5,9H2,1-4H3,(H,16,17). The molecule has 0 saturated heterocycles. The van der Waals surface area contributed by atoms with Gasteiger partial charge < -0.3 is 19.5 Å². The Bertz CT molecular complexity index is 433. The van der Waals surface area contributed by atoms with Crippen LogP contribution in [0.5, 0.6) is 11.5 Å². The van der Waals surface area contributed by atoms with E-state index in [-0.39, 0.29) is 0 Å². The van der Waals surface area contributed by atoms with Crippen LogP contribution in [0.3, 0.4) is 0 Å². The number of hydrogen-bond donors (Lipinski definition) is 1. The van der Waals surface area contributed by atoms with Gasteiger partial charge >= 0.3 is 5.97 Å². The van der Waals surface area contributed by atoms with Gasteiger partial charge in [0, 0.05) is 19.7 Å². The molecule has 0 saturated carbocycles. The number of carboxylic acids is 1. The van der Waals surface area contributed by atoms with Crippen LogP contribution in [0.4, 0.5) is 5.69 Å². The van der Waals surface area contributed by atoms with Crippen molar-refractivity contribution in [3.63, 3.8) is 0 Å². The van der Waals surface area contributed by atoms with Gasteiger partial charge in [0.15, 0.2) is 0 Å². The highest BCUT2D eigenvalue weighted by molar-refractivity contribution is 5.71. The highest BCUT2D eigenvalue weighted by Gasteiger charge is 2.19. The molecule has 1 atom stereocenters. The monoisotopic (exact) mass is 267 g/mol. The van der Waals surface area contributed by atoms with Gasteiger partial charge in [0.05, 0.1) is 25.8 Å². The molecule has 0 amide bonds. The van der Waals surface area contributed by atoms with E-state index in [2.05, 4.69) is 0 Å². The molecule has 0 bridgehead atoms. The van der Waals surface area contributed by atoms with Crippen LogP contribution in [0.1, 0.15) is 13.3 Å². The van der Waals surface area contributed by atoms with Crippen LogP contribution in [-0.2, 0) is 4.79 Å². The molecule has 0 heterocycles.